The van der Waals surface area contributed by atoms with Crippen LogP contribution < -0.4 is 14.4 Å². The van der Waals surface area contributed by atoms with E-state index in [0.29, 0.717) is 38.2 Å². The number of amides is 1. The number of anilines is 1. The highest BCUT2D eigenvalue weighted by molar-refractivity contribution is 7.22. The van der Waals surface area contributed by atoms with Crippen LogP contribution in [0, 0.1) is 5.82 Å². The van der Waals surface area contributed by atoms with E-state index in [0.717, 1.165) is 0 Å². The molecule has 0 aliphatic heterocycles. The van der Waals surface area contributed by atoms with Gasteiger partial charge in [0.25, 0.3) is 5.91 Å². The molecule has 0 atom stereocenters. The van der Waals surface area contributed by atoms with Crippen molar-refractivity contribution in [3.63, 3.8) is 0 Å². The Morgan fingerprint density at radius 1 is 1.14 bits per heavy atom. The SMILES string of the molecule is COc1cc(OC)cc(C(=O)N(Cc2ccco2)c2nc3ccc(F)cc3s2)c1. The van der Waals surface area contributed by atoms with E-state index in [4.69, 9.17) is 13.9 Å². The van der Waals surface area contributed by atoms with Crippen LogP contribution >= 0.6 is 11.3 Å². The van der Waals surface area contributed by atoms with E-state index in [1.54, 1.807) is 42.7 Å². The highest BCUT2D eigenvalue weighted by atomic mass is 32.1. The molecular formula is C21H17FN2O4S. The van der Waals surface area contributed by atoms with Crippen molar-refractivity contribution in [3.8, 4) is 11.5 Å². The van der Waals surface area contributed by atoms with E-state index in [9.17, 15) is 9.18 Å². The number of halogens is 1. The standard InChI is InChI=1S/C21H17FN2O4S/c1-26-16-8-13(9-17(11-16)27-2)20(25)24(12-15-4-3-7-28-15)21-23-18-6-5-14(22)10-19(18)29-21/h3-11H,12H2,1-2H3. The first-order valence-corrected chi connectivity index (χ1v) is 9.52. The summed E-state index contributed by atoms with van der Waals surface area (Å²) in [6.07, 6.45) is 1.54. The Labute approximate surface area is 170 Å². The van der Waals surface area contributed by atoms with Gasteiger partial charge in [0, 0.05) is 11.6 Å². The average Bonchev–Trinajstić information content (AvgIpc) is 3.40. The molecule has 0 aliphatic carbocycles. The van der Waals surface area contributed by atoms with Crippen molar-refractivity contribution in [2.75, 3.05) is 19.1 Å². The molecule has 0 unspecified atom stereocenters. The molecule has 2 heterocycles. The zero-order chi connectivity index (χ0) is 20.4. The first-order chi connectivity index (χ1) is 14.1. The number of nitrogens with zero attached hydrogens (tertiary/aromatic N) is 2. The van der Waals surface area contributed by atoms with Gasteiger partial charge in [-0.25, -0.2) is 9.37 Å². The maximum Gasteiger partial charge on any atom is 0.260 e. The lowest BCUT2D eigenvalue weighted by Gasteiger charge is -2.19. The van der Waals surface area contributed by atoms with E-state index < -0.39 is 0 Å². The summed E-state index contributed by atoms with van der Waals surface area (Å²) >= 11 is 1.23. The molecule has 4 rings (SSSR count). The minimum Gasteiger partial charge on any atom is -0.497 e. The number of hydrogen-bond donors (Lipinski definition) is 0. The maximum absolute atomic E-state index is 13.6. The molecule has 0 saturated carbocycles. The minimum atomic E-state index is -0.353. The molecule has 0 bridgehead atoms. The highest BCUT2D eigenvalue weighted by Crippen LogP contribution is 2.32. The zero-order valence-electron chi connectivity index (χ0n) is 15.7. The van der Waals surface area contributed by atoms with Crippen LogP contribution in [0.1, 0.15) is 16.1 Å². The normalized spacial score (nSPS) is 10.9. The summed E-state index contributed by atoms with van der Waals surface area (Å²) in [5, 5.41) is 0.439. The fourth-order valence-corrected chi connectivity index (χ4v) is 3.86. The second-order valence-corrected chi connectivity index (χ2v) is 7.19. The Kier molecular flexibility index (Phi) is 5.18. The predicted octanol–water partition coefficient (Wildman–Crippen LogP) is 4.89. The van der Waals surface area contributed by atoms with Gasteiger partial charge in [-0.1, -0.05) is 11.3 Å². The van der Waals surface area contributed by atoms with Gasteiger partial charge in [0.15, 0.2) is 5.13 Å². The van der Waals surface area contributed by atoms with Crippen LogP contribution in [-0.4, -0.2) is 25.1 Å². The number of methoxy groups -OCH3 is 2. The van der Waals surface area contributed by atoms with Crippen LogP contribution in [0.4, 0.5) is 9.52 Å². The van der Waals surface area contributed by atoms with Crippen molar-refractivity contribution in [2.24, 2.45) is 0 Å². The minimum absolute atomic E-state index is 0.174. The van der Waals surface area contributed by atoms with Crippen LogP contribution in [0.3, 0.4) is 0 Å². The molecule has 0 fully saturated rings. The molecule has 6 nitrogen and oxygen atoms in total. The fraction of sp³-hybridized carbons (Fsp3) is 0.143. The fourth-order valence-electron chi connectivity index (χ4n) is 2.87. The van der Waals surface area contributed by atoms with Crippen molar-refractivity contribution in [2.45, 2.75) is 6.54 Å². The monoisotopic (exact) mass is 412 g/mol. The third-order valence-corrected chi connectivity index (χ3v) is 5.35. The summed E-state index contributed by atoms with van der Waals surface area (Å²) in [6.45, 7) is 0.174. The van der Waals surface area contributed by atoms with Gasteiger partial charge < -0.3 is 13.9 Å². The highest BCUT2D eigenvalue weighted by Gasteiger charge is 2.24. The lowest BCUT2D eigenvalue weighted by molar-refractivity contribution is 0.0982. The Morgan fingerprint density at radius 3 is 2.55 bits per heavy atom. The molecule has 148 valence electrons. The topological polar surface area (TPSA) is 64.8 Å². The molecule has 1 amide bonds. The number of fused-ring (bicyclic) bond motifs is 1. The van der Waals surface area contributed by atoms with Crippen molar-refractivity contribution in [1.29, 1.82) is 0 Å². The third-order valence-electron chi connectivity index (χ3n) is 4.31. The molecule has 2 aromatic carbocycles. The van der Waals surface area contributed by atoms with Crippen LogP contribution in [0.25, 0.3) is 10.2 Å². The Balaban J connectivity index is 1.78. The van der Waals surface area contributed by atoms with Gasteiger partial charge in [-0.15, -0.1) is 0 Å². The van der Waals surface area contributed by atoms with Gasteiger partial charge in [0.2, 0.25) is 0 Å². The summed E-state index contributed by atoms with van der Waals surface area (Å²) < 4.78 is 30.2. The number of benzene rings is 2. The van der Waals surface area contributed by atoms with E-state index >= 15 is 0 Å². The smallest absolute Gasteiger partial charge is 0.260 e. The Bertz CT molecular complexity index is 1130. The van der Waals surface area contributed by atoms with Crippen LogP contribution in [-0.2, 0) is 6.54 Å². The van der Waals surface area contributed by atoms with E-state index in [1.807, 2.05) is 0 Å². The second kappa shape index (κ2) is 7.92. The largest absolute Gasteiger partial charge is 0.497 e. The molecule has 4 aromatic rings. The molecular weight excluding hydrogens is 395 g/mol. The Morgan fingerprint density at radius 2 is 1.90 bits per heavy atom. The summed E-state index contributed by atoms with van der Waals surface area (Å²) in [5.74, 6) is 0.931. The quantitative estimate of drug-likeness (QED) is 0.451. The van der Waals surface area contributed by atoms with Gasteiger partial charge in [-0.05, 0) is 42.5 Å². The number of carbonyl (C=O) groups is 1. The lowest BCUT2D eigenvalue weighted by atomic mass is 10.1. The molecule has 29 heavy (non-hydrogen) atoms. The van der Waals surface area contributed by atoms with E-state index in [1.165, 1.54) is 42.6 Å². The van der Waals surface area contributed by atoms with Crippen LogP contribution in [0.5, 0.6) is 11.5 Å². The number of ether oxygens (including phenoxy) is 2. The van der Waals surface area contributed by atoms with Crippen LogP contribution in [0.15, 0.2) is 59.2 Å². The van der Waals surface area contributed by atoms with Crippen molar-refractivity contribution in [3.05, 3.63) is 71.9 Å². The maximum atomic E-state index is 13.6. The summed E-state index contributed by atoms with van der Waals surface area (Å²) in [6, 6.07) is 12.8. The van der Waals surface area contributed by atoms with Gasteiger partial charge in [-0.3, -0.25) is 9.69 Å². The van der Waals surface area contributed by atoms with Crippen molar-refractivity contribution < 1.29 is 23.1 Å². The van der Waals surface area contributed by atoms with Crippen LogP contribution in [0.2, 0.25) is 0 Å². The molecule has 2 aromatic heterocycles. The average molecular weight is 412 g/mol. The third kappa shape index (κ3) is 3.93. The summed E-state index contributed by atoms with van der Waals surface area (Å²) in [5.41, 5.74) is 0.991. The zero-order valence-corrected chi connectivity index (χ0v) is 16.5. The lowest BCUT2D eigenvalue weighted by Crippen LogP contribution is -2.30. The first kappa shape index (κ1) is 18.9. The molecule has 0 spiro atoms. The number of aromatic nitrogens is 1. The van der Waals surface area contributed by atoms with Gasteiger partial charge in [-0.2, -0.15) is 0 Å². The molecule has 0 N–H and O–H groups in total. The van der Waals surface area contributed by atoms with Gasteiger partial charge in [0.1, 0.15) is 23.1 Å². The molecule has 0 radical (unpaired) electrons. The first-order valence-electron chi connectivity index (χ1n) is 8.71. The number of thiazole rings is 1. The molecule has 0 aliphatic rings. The van der Waals surface area contributed by atoms with E-state index in [2.05, 4.69) is 4.98 Å². The van der Waals surface area contributed by atoms with Gasteiger partial charge >= 0.3 is 0 Å². The summed E-state index contributed by atoms with van der Waals surface area (Å²) in [4.78, 5) is 19.4. The number of hydrogen-bond acceptors (Lipinski definition) is 6. The van der Waals surface area contributed by atoms with Gasteiger partial charge in [0.05, 0.1) is 37.2 Å². The number of rotatable bonds is 6. The number of carbonyl (C=O) groups excluding carboxylic acids is 1. The molecule has 8 heteroatoms. The van der Waals surface area contributed by atoms with Crippen molar-refractivity contribution >= 4 is 32.6 Å². The molecule has 0 saturated heterocycles. The summed E-state index contributed by atoms with van der Waals surface area (Å²) in [7, 11) is 3.04. The Hall–Kier alpha value is -3.39. The number of furan rings is 1. The second-order valence-electron chi connectivity index (χ2n) is 6.18. The van der Waals surface area contributed by atoms with E-state index in [-0.39, 0.29) is 18.3 Å². The van der Waals surface area contributed by atoms with Crippen molar-refractivity contribution in [1.82, 2.24) is 4.98 Å². The predicted molar refractivity (Wildman–Crippen MR) is 108 cm³/mol.